The number of benzene rings is 1. The predicted octanol–water partition coefficient (Wildman–Crippen LogP) is 3.08. The van der Waals surface area contributed by atoms with Gasteiger partial charge in [-0.05, 0) is 5.92 Å². The van der Waals surface area contributed by atoms with Crippen LogP contribution in [0.25, 0.3) is 0 Å². The van der Waals surface area contributed by atoms with E-state index in [0.717, 1.165) is 0 Å². The number of anilines is 1. The van der Waals surface area contributed by atoms with Crippen molar-refractivity contribution in [3.8, 4) is 0 Å². The number of nitrogens with one attached hydrogen (secondary N) is 1. The molecule has 102 valence electrons. The van der Waals surface area contributed by atoms with Gasteiger partial charge in [-0.3, -0.25) is 0 Å². The highest BCUT2D eigenvalue weighted by molar-refractivity contribution is 5.47. The van der Waals surface area contributed by atoms with Crippen molar-refractivity contribution >= 4 is 5.69 Å². The van der Waals surface area contributed by atoms with E-state index in [1.165, 1.54) is 7.11 Å². The van der Waals surface area contributed by atoms with Crippen LogP contribution in [0.5, 0.6) is 0 Å². The molecule has 0 radical (unpaired) electrons. The Kier molecular flexibility index (Phi) is 4.89. The second-order valence-corrected chi connectivity index (χ2v) is 3.89. The van der Waals surface area contributed by atoms with E-state index in [1.54, 1.807) is 6.92 Å². The molecule has 7 heteroatoms. The first-order valence-corrected chi connectivity index (χ1v) is 5.14. The first-order chi connectivity index (χ1) is 8.40. The van der Waals surface area contributed by atoms with Gasteiger partial charge in [-0.15, -0.1) is 0 Å². The van der Waals surface area contributed by atoms with Crippen molar-refractivity contribution in [2.45, 2.75) is 6.92 Å². The van der Waals surface area contributed by atoms with Crippen LogP contribution in [0.15, 0.2) is 0 Å². The minimum atomic E-state index is -2.17. The lowest BCUT2D eigenvalue weighted by molar-refractivity contribution is 0.164. The largest absolute Gasteiger partial charge is 0.384 e. The molecule has 1 N–H and O–H groups in total. The maximum atomic E-state index is 13.2. The minimum Gasteiger partial charge on any atom is -0.384 e. The molecule has 0 saturated carbocycles. The van der Waals surface area contributed by atoms with Gasteiger partial charge in [0, 0.05) is 13.7 Å². The molecule has 0 saturated heterocycles. The predicted molar refractivity (Wildman–Crippen MR) is 55.8 cm³/mol. The first kappa shape index (κ1) is 14.7. The summed E-state index contributed by atoms with van der Waals surface area (Å²) in [5, 5.41) is 2.20. The van der Waals surface area contributed by atoms with E-state index in [2.05, 4.69) is 5.32 Å². The third-order valence-corrected chi connectivity index (χ3v) is 2.29. The van der Waals surface area contributed by atoms with Gasteiger partial charge in [-0.2, -0.15) is 0 Å². The Labute approximate surface area is 101 Å². The van der Waals surface area contributed by atoms with Gasteiger partial charge in [-0.25, -0.2) is 22.0 Å². The van der Waals surface area contributed by atoms with E-state index < -0.39 is 34.8 Å². The van der Waals surface area contributed by atoms with Gasteiger partial charge in [0.05, 0.1) is 6.61 Å². The molecule has 1 aromatic carbocycles. The molecule has 0 aromatic heterocycles. The fraction of sp³-hybridized carbons (Fsp3) is 0.455. The molecule has 0 heterocycles. The smallest absolute Gasteiger partial charge is 0.200 e. The van der Waals surface area contributed by atoms with Crippen LogP contribution in [0.2, 0.25) is 0 Å². The van der Waals surface area contributed by atoms with E-state index in [9.17, 15) is 22.0 Å². The summed E-state index contributed by atoms with van der Waals surface area (Å²) in [5.74, 6) is -9.97. The summed E-state index contributed by atoms with van der Waals surface area (Å²) >= 11 is 0. The number of hydrogen-bond donors (Lipinski definition) is 1. The molecular weight excluding hydrogens is 257 g/mol. The normalized spacial score (nSPS) is 12.6. The summed E-state index contributed by atoms with van der Waals surface area (Å²) in [6.07, 6.45) is 0. The zero-order chi connectivity index (χ0) is 13.9. The first-order valence-electron chi connectivity index (χ1n) is 5.14. The Bertz CT molecular complexity index is 409. The van der Waals surface area contributed by atoms with E-state index in [0.29, 0.717) is 6.61 Å². The molecule has 0 bridgehead atoms. The van der Waals surface area contributed by atoms with E-state index >= 15 is 0 Å². The molecule has 0 spiro atoms. The van der Waals surface area contributed by atoms with Crippen LogP contribution >= 0.6 is 0 Å². The Morgan fingerprint density at radius 2 is 1.39 bits per heavy atom. The van der Waals surface area contributed by atoms with E-state index in [-0.39, 0.29) is 12.5 Å². The standard InChI is InChI=1S/C11H12F5NO/c1-5(4-18-2)3-17-11-9(15)7(13)6(12)8(14)10(11)16/h5,17H,3-4H2,1-2H3. The number of ether oxygens (including phenoxy) is 1. The van der Waals surface area contributed by atoms with Crippen LogP contribution in [0, 0.1) is 35.0 Å². The molecule has 18 heavy (non-hydrogen) atoms. The monoisotopic (exact) mass is 269 g/mol. The molecule has 0 fully saturated rings. The lowest BCUT2D eigenvalue weighted by atomic mass is 10.2. The molecule has 1 aromatic rings. The Morgan fingerprint density at radius 1 is 0.944 bits per heavy atom. The van der Waals surface area contributed by atoms with E-state index in [1.807, 2.05) is 0 Å². The third kappa shape index (κ3) is 2.90. The van der Waals surface area contributed by atoms with Gasteiger partial charge in [0.25, 0.3) is 0 Å². The summed E-state index contributed by atoms with van der Waals surface area (Å²) in [6, 6.07) is 0. The van der Waals surface area contributed by atoms with Crippen LogP contribution in [-0.2, 0) is 4.74 Å². The van der Waals surface area contributed by atoms with Crippen LogP contribution in [0.4, 0.5) is 27.6 Å². The van der Waals surface area contributed by atoms with Crippen molar-refractivity contribution in [3.63, 3.8) is 0 Å². The number of hydrogen-bond acceptors (Lipinski definition) is 2. The highest BCUT2D eigenvalue weighted by Crippen LogP contribution is 2.27. The van der Waals surface area contributed by atoms with Crippen LogP contribution in [0.3, 0.4) is 0 Å². The van der Waals surface area contributed by atoms with Crippen molar-refractivity contribution < 1.29 is 26.7 Å². The second-order valence-electron chi connectivity index (χ2n) is 3.89. The van der Waals surface area contributed by atoms with Gasteiger partial charge >= 0.3 is 0 Å². The number of halogens is 5. The Balaban J connectivity index is 2.96. The zero-order valence-corrected chi connectivity index (χ0v) is 9.79. The van der Waals surface area contributed by atoms with Gasteiger partial charge in [-0.1, -0.05) is 6.92 Å². The Morgan fingerprint density at radius 3 is 1.83 bits per heavy atom. The molecule has 0 amide bonds. The summed E-state index contributed by atoms with van der Waals surface area (Å²) in [7, 11) is 1.44. The Hall–Kier alpha value is -1.37. The van der Waals surface area contributed by atoms with Crippen molar-refractivity contribution in [2.75, 3.05) is 25.6 Å². The van der Waals surface area contributed by atoms with Gasteiger partial charge in [0.1, 0.15) is 5.69 Å². The van der Waals surface area contributed by atoms with Gasteiger partial charge < -0.3 is 10.1 Å². The maximum Gasteiger partial charge on any atom is 0.200 e. The number of rotatable bonds is 5. The van der Waals surface area contributed by atoms with Crippen LogP contribution in [0.1, 0.15) is 6.92 Å². The van der Waals surface area contributed by atoms with Gasteiger partial charge in [0.2, 0.25) is 5.82 Å². The summed E-state index contributed by atoms with van der Waals surface area (Å²) < 4.78 is 69.7. The van der Waals surface area contributed by atoms with E-state index in [4.69, 9.17) is 4.74 Å². The average Bonchev–Trinajstić information content (AvgIpc) is 2.34. The maximum absolute atomic E-state index is 13.2. The molecule has 1 rings (SSSR count). The van der Waals surface area contributed by atoms with Crippen molar-refractivity contribution in [3.05, 3.63) is 29.1 Å². The third-order valence-electron chi connectivity index (χ3n) is 2.29. The number of methoxy groups -OCH3 is 1. The van der Waals surface area contributed by atoms with Crippen molar-refractivity contribution in [1.29, 1.82) is 0 Å². The highest BCUT2D eigenvalue weighted by Gasteiger charge is 2.25. The van der Waals surface area contributed by atoms with Crippen LogP contribution in [-0.4, -0.2) is 20.3 Å². The summed E-state index contributed by atoms with van der Waals surface area (Å²) in [6.45, 7) is 2.01. The van der Waals surface area contributed by atoms with Crippen LogP contribution < -0.4 is 5.32 Å². The minimum absolute atomic E-state index is 0.0200. The lowest BCUT2D eigenvalue weighted by Crippen LogP contribution is -2.18. The second kappa shape index (κ2) is 5.99. The average molecular weight is 269 g/mol. The highest BCUT2D eigenvalue weighted by atomic mass is 19.2. The molecule has 2 nitrogen and oxygen atoms in total. The fourth-order valence-electron chi connectivity index (χ4n) is 1.38. The van der Waals surface area contributed by atoms with Crippen molar-refractivity contribution in [1.82, 2.24) is 0 Å². The molecule has 1 atom stereocenters. The zero-order valence-electron chi connectivity index (χ0n) is 9.79. The summed E-state index contributed by atoms with van der Waals surface area (Å²) in [4.78, 5) is 0. The fourth-order valence-corrected chi connectivity index (χ4v) is 1.38. The molecule has 0 aliphatic heterocycles. The molecule has 0 aliphatic rings. The lowest BCUT2D eigenvalue weighted by Gasteiger charge is -2.14. The topological polar surface area (TPSA) is 21.3 Å². The summed E-state index contributed by atoms with van der Waals surface area (Å²) in [5.41, 5.74) is -1.02. The SMILES string of the molecule is COCC(C)CNc1c(F)c(F)c(F)c(F)c1F. The molecular formula is C11H12F5NO. The quantitative estimate of drug-likeness (QED) is 0.504. The van der Waals surface area contributed by atoms with Gasteiger partial charge in [0.15, 0.2) is 23.3 Å². The molecule has 1 unspecified atom stereocenters. The molecule has 0 aliphatic carbocycles. The van der Waals surface area contributed by atoms with Crippen molar-refractivity contribution in [2.24, 2.45) is 5.92 Å².